The standard InChI is InChI=1S/C14H25N3O/c1-3-5-14-16-7-8-17(14)10-13(15-4-2)12-6-9-18-11-12/h7-8,12-13,15H,3-6,9-11H2,1-2H3. The van der Waals surface area contributed by atoms with Gasteiger partial charge in [-0.2, -0.15) is 0 Å². The van der Waals surface area contributed by atoms with Crippen molar-refractivity contribution in [1.82, 2.24) is 14.9 Å². The van der Waals surface area contributed by atoms with Crippen LogP contribution in [0.15, 0.2) is 12.4 Å². The fourth-order valence-corrected chi connectivity index (χ4v) is 2.68. The molecular formula is C14H25N3O. The first-order valence-corrected chi connectivity index (χ1v) is 7.16. The first-order valence-electron chi connectivity index (χ1n) is 7.16. The summed E-state index contributed by atoms with van der Waals surface area (Å²) < 4.78 is 7.82. The van der Waals surface area contributed by atoms with Gasteiger partial charge in [-0.25, -0.2) is 4.98 Å². The summed E-state index contributed by atoms with van der Waals surface area (Å²) in [5, 5.41) is 3.60. The lowest BCUT2D eigenvalue weighted by Gasteiger charge is -2.24. The van der Waals surface area contributed by atoms with Gasteiger partial charge in [-0.1, -0.05) is 13.8 Å². The molecule has 2 heterocycles. The molecule has 1 aliphatic heterocycles. The van der Waals surface area contributed by atoms with E-state index in [0.29, 0.717) is 12.0 Å². The number of hydrogen-bond donors (Lipinski definition) is 1. The van der Waals surface area contributed by atoms with Crippen LogP contribution in [0.4, 0.5) is 0 Å². The summed E-state index contributed by atoms with van der Waals surface area (Å²) in [5.41, 5.74) is 0. The number of imidazole rings is 1. The first kappa shape index (κ1) is 13.6. The van der Waals surface area contributed by atoms with E-state index in [1.165, 1.54) is 12.2 Å². The molecule has 1 aromatic heterocycles. The smallest absolute Gasteiger partial charge is 0.108 e. The van der Waals surface area contributed by atoms with Gasteiger partial charge < -0.3 is 14.6 Å². The Labute approximate surface area is 110 Å². The van der Waals surface area contributed by atoms with E-state index in [9.17, 15) is 0 Å². The highest BCUT2D eigenvalue weighted by Gasteiger charge is 2.25. The molecule has 102 valence electrons. The molecule has 0 radical (unpaired) electrons. The maximum atomic E-state index is 5.52. The van der Waals surface area contributed by atoms with E-state index >= 15 is 0 Å². The largest absolute Gasteiger partial charge is 0.381 e. The molecule has 1 aromatic rings. The van der Waals surface area contributed by atoms with E-state index in [1.54, 1.807) is 0 Å². The number of hydrogen-bond acceptors (Lipinski definition) is 3. The number of nitrogens with one attached hydrogen (secondary N) is 1. The van der Waals surface area contributed by atoms with Crippen LogP contribution < -0.4 is 5.32 Å². The van der Waals surface area contributed by atoms with Crippen LogP contribution in [0.25, 0.3) is 0 Å². The van der Waals surface area contributed by atoms with Gasteiger partial charge in [0.2, 0.25) is 0 Å². The summed E-state index contributed by atoms with van der Waals surface area (Å²) in [7, 11) is 0. The Morgan fingerprint density at radius 2 is 2.44 bits per heavy atom. The molecule has 2 rings (SSSR count). The zero-order valence-electron chi connectivity index (χ0n) is 11.6. The van der Waals surface area contributed by atoms with Crippen LogP contribution in [0.3, 0.4) is 0 Å². The molecule has 2 unspecified atom stereocenters. The Hall–Kier alpha value is -0.870. The molecule has 4 nitrogen and oxygen atoms in total. The van der Waals surface area contributed by atoms with Crippen molar-refractivity contribution in [3.05, 3.63) is 18.2 Å². The number of rotatable bonds is 7. The number of aromatic nitrogens is 2. The summed E-state index contributed by atoms with van der Waals surface area (Å²) in [6, 6.07) is 0.502. The summed E-state index contributed by atoms with van der Waals surface area (Å²) in [4.78, 5) is 4.45. The van der Waals surface area contributed by atoms with Crippen molar-refractivity contribution in [2.24, 2.45) is 5.92 Å². The molecular weight excluding hydrogens is 226 g/mol. The van der Waals surface area contributed by atoms with Gasteiger partial charge in [0, 0.05) is 43.9 Å². The third-order valence-corrected chi connectivity index (χ3v) is 3.67. The van der Waals surface area contributed by atoms with Crippen molar-refractivity contribution < 1.29 is 4.74 Å². The fourth-order valence-electron chi connectivity index (χ4n) is 2.68. The SMILES string of the molecule is CCCc1nccn1CC(NCC)C1CCOC1. The molecule has 0 bridgehead atoms. The number of likely N-dealkylation sites (N-methyl/N-ethyl adjacent to an activating group) is 1. The van der Waals surface area contributed by atoms with Crippen LogP contribution in [0.2, 0.25) is 0 Å². The summed E-state index contributed by atoms with van der Waals surface area (Å²) in [6.45, 7) is 8.21. The lowest BCUT2D eigenvalue weighted by molar-refractivity contribution is 0.173. The normalized spacial score (nSPS) is 21.3. The van der Waals surface area contributed by atoms with E-state index in [4.69, 9.17) is 4.74 Å². The van der Waals surface area contributed by atoms with Gasteiger partial charge in [0.25, 0.3) is 0 Å². The molecule has 1 aliphatic rings. The van der Waals surface area contributed by atoms with E-state index in [2.05, 4.69) is 34.9 Å². The molecule has 0 aromatic carbocycles. The molecule has 1 fully saturated rings. The molecule has 1 N–H and O–H groups in total. The van der Waals surface area contributed by atoms with Crippen LogP contribution in [0.1, 0.15) is 32.5 Å². The lowest BCUT2D eigenvalue weighted by atomic mass is 9.99. The number of aryl methyl sites for hydroxylation is 1. The van der Waals surface area contributed by atoms with Crippen LogP contribution in [0.5, 0.6) is 0 Å². The van der Waals surface area contributed by atoms with E-state index in [-0.39, 0.29) is 0 Å². The van der Waals surface area contributed by atoms with Crippen molar-refractivity contribution in [3.8, 4) is 0 Å². The third-order valence-electron chi connectivity index (χ3n) is 3.67. The highest BCUT2D eigenvalue weighted by atomic mass is 16.5. The van der Waals surface area contributed by atoms with Gasteiger partial charge in [-0.15, -0.1) is 0 Å². The van der Waals surface area contributed by atoms with Gasteiger partial charge in [0.05, 0.1) is 6.61 Å². The topological polar surface area (TPSA) is 39.1 Å². The minimum atomic E-state index is 0.502. The average Bonchev–Trinajstić information content (AvgIpc) is 3.01. The summed E-state index contributed by atoms with van der Waals surface area (Å²) in [6.07, 6.45) is 7.40. The van der Waals surface area contributed by atoms with Crippen LogP contribution in [-0.4, -0.2) is 35.4 Å². The van der Waals surface area contributed by atoms with Crippen molar-refractivity contribution in [1.29, 1.82) is 0 Å². The van der Waals surface area contributed by atoms with Crippen molar-refractivity contribution in [2.45, 2.75) is 45.7 Å². The molecule has 0 spiro atoms. The Bertz CT molecular complexity index is 345. The van der Waals surface area contributed by atoms with Gasteiger partial charge in [-0.05, 0) is 19.4 Å². The van der Waals surface area contributed by atoms with Crippen LogP contribution >= 0.6 is 0 Å². The van der Waals surface area contributed by atoms with E-state index < -0.39 is 0 Å². The Balaban J connectivity index is 2.00. The van der Waals surface area contributed by atoms with Gasteiger partial charge in [0.15, 0.2) is 0 Å². The highest BCUT2D eigenvalue weighted by Crippen LogP contribution is 2.18. The first-order chi connectivity index (χ1) is 8.85. The predicted molar refractivity (Wildman–Crippen MR) is 72.6 cm³/mol. The summed E-state index contributed by atoms with van der Waals surface area (Å²) >= 11 is 0. The van der Waals surface area contributed by atoms with E-state index in [0.717, 1.165) is 39.1 Å². The maximum absolute atomic E-state index is 5.52. The molecule has 2 atom stereocenters. The third kappa shape index (κ3) is 3.33. The quantitative estimate of drug-likeness (QED) is 0.804. The second-order valence-electron chi connectivity index (χ2n) is 5.03. The minimum absolute atomic E-state index is 0.502. The van der Waals surface area contributed by atoms with Gasteiger partial charge >= 0.3 is 0 Å². The molecule has 4 heteroatoms. The minimum Gasteiger partial charge on any atom is -0.381 e. The van der Waals surface area contributed by atoms with Crippen molar-refractivity contribution in [2.75, 3.05) is 19.8 Å². The molecule has 0 saturated carbocycles. The Morgan fingerprint density at radius 1 is 1.56 bits per heavy atom. The lowest BCUT2D eigenvalue weighted by Crippen LogP contribution is -2.40. The molecule has 0 aliphatic carbocycles. The Morgan fingerprint density at radius 3 is 3.11 bits per heavy atom. The Kier molecular flexibility index (Phi) is 5.20. The average molecular weight is 251 g/mol. The highest BCUT2D eigenvalue weighted by molar-refractivity contribution is 4.94. The molecule has 0 amide bonds. The van der Waals surface area contributed by atoms with Crippen LogP contribution in [0, 0.1) is 5.92 Å². The zero-order chi connectivity index (χ0) is 12.8. The van der Waals surface area contributed by atoms with Crippen molar-refractivity contribution >= 4 is 0 Å². The monoisotopic (exact) mass is 251 g/mol. The summed E-state index contributed by atoms with van der Waals surface area (Å²) in [5.74, 6) is 1.85. The van der Waals surface area contributed by atoms with Gasteiger partial charge in [-0.3, -0.25) is 0 Å². The van der Waals surface area contributed by atoms with Crippen LogP contribution in [-0.2, 0) is 17.7 Å². The fraction of sp³-hybridized carbons (Fsp3) is 0.786. The predicted octanol–water partition coefficient (Wildman–Crippen LogP) is 1.85. The molecule has 18 heavy (non-hydrogen) atoms. The zero-order valence-corrected chi connectivity index (χ0v) is 11.6. The molecule has 1 saturated heterocycles. The van der Waals surface area contributed by atoms with E-state index in [1.807, 2.05) is 6.20 Å². The number of nitrogens with zero attached hydrogens (tertiary/aromatic N) is 2. The second kappa shape index (κ2) is 6.90. The van der Waals surface area contributed by atoms with Gasteiger partial charge in [0.1, 0.15) is 5.82 Å². The number of ether oxygens (including phenoxy) is 1. The van der Waals surface area contributed by atoms with Crippen molar-refractivity contribution in [3.63, 3.8) is 0 Å². The second-order valence-corrected chi connectivity index (χ2v) is 5.03. The maximum Gasteiger partial charge on any atom is 0.108 e.